The van der Waals surface area contributed by atoms with Crippen molar-refractivity contribution in [1.82, 2.24) is 5.32 Å². The van der Waals surface area contributed by atoms with Crippen molar-refractivity contribution >= 4 is 11.9 Å². The molecule has 0 aromatic carbocycles. The van der Waals surface area contributed by atoms with E-state index in [-0.39, 0.29) is 18.5 Å². The SMILES string of the molecule is CCCC/C=C\C/C=C\CCCCCCCC(=O)OCCCCC/C=C\C=C/CCCCCCCCC(=O)NC(CO)C(O)/C=C/CCCCCCCCCCCCCC. The summed E-state index contributed by atoms with van der Waals surface area (Å²) < 4.78 is 5.43. The smallest absolute Gasteiger partial charge is 0.305 e. The van der Waals surface area contributed by atoms with Gasteiger partial charge in [-0.3, -0.25) is 9.59 Å². The van der Waals surface area contributed by atoms with E-state index >= 15 is 0 Å². The number of hydrogen-bond acceptors (Lipinski definition) is 5. The van der Waals surface area contributed by atoms with Gasteiger partial charge in [0, 0.05) is 12.8 Å². The van der Waals surface area contributed by atoms with Gasteiger partial charge in [-0.1, -0.05) is 203 Å². The van der Waals surface area contributed by atoms with Crippen molar-refractivity contribution in [2.45, 2.75) is 257 Å². The number of nitrogens with one attached hydrogen (secondary N) is 1. The highest BCUT2D eigenvalue weighted by Crippen LogP contribution is 2.14. The first-order chi connectivity index (χ1) is 29.5. The van der Waals surface area contributed by atoms with Gasteiger partial charge in [-0.05, 0) is 89.9 Å². The zero-order valence-corrected chi connectivity index (χ0v) is 39.4. The Morgan fingerprint density at radius 2 is 0.900 bits per heavy atom. The highest BCUT2D eigenvalue weighted by Gasteiger charge is 2.18. The number of aliphatic hydroxyl groups excluding tert-OH is 2. The highest BCUT2D eigenvalue weighted by atomic mass is 16.5. The molecule has 0 rings (SSSR count). The van der Waals surface area contributed by atoms with Gasteiger partial charge in [0.05, 0.1) is 25.4 Å². The third-order valence-corrected chi connectivity index (χ3v) is 11.3. The van der Waals surface area contributed by atoms with Crippen LogP contribution in [0.4, 0.5) is 0 Å². The molecule has 2 unspecified atom stereocenters. The van der Waals surface area contributed by atoms with E-state index in [1.165, 1.54) is 128 Å². The quantitative estimate of drug-likeness (QED) is 0.0246. The lowest BCUT2D eigenvalue weighted by Crippen LogP contribution is -2.45. The van der Waals surface area contributed by atoms with Crippen molar-refractivity contribution in [1.29, 1.82) is 0 Å². The Morgan fingerprint density at radius 3 is 1.42 bits per heavy atom. The lowest BCUT2D eigenvalue weighted by atomic mass is 10.0. The number of aliphatic hydroxyl groups is 2. The van der Waals surface area contributed by atoms with Crippen molar-refractivity contribution < 1.29 is 24.5 Å². The topological polar surface area (TPSA) is 95.9 Å². The maximum atomic E-state index is 12.4. The minimum atomic E-state index is -0.860. The van der Waals surface area contributed by atoms with Crippen molar-refractivity contribution in [3.63, 3.8) is 0 Å². The second-order valence-electron chi connectivity index (χ2n) is 17.2. The molecule has 3 N–H and O–H groups in total. The Bertz CT molecular complexity index is 1060. The molecule has 0 aliphatic carbocycles. The number of allylic oxidation sites excluding steroid dienone is 9. The Labute approximate surface area is 371 Å². The molecule has 0 aliphatic heterocycles. The zero-order valence-electron chi connectivity index (χ0n) is 39.4. The fourth-order valence-corrected chi connectivity index (χ4v) is 7.29. The Morgan fingerprint density at radius 1 is 0.483 bits per heavy atom. The second kappa shape index (κ2) is 49.2. The average molecular weight is 840 g/mol. The van der Waals surface area contributed by atoms with Crippen LogP contribution in [0.5, 0.6) is 0 Å². The van der Waals surface area contributed by atoms with Crippen molar-refractivity contribution in [2.24, 2.45) is 0 Å². The Balaban J connectivity index is 3.58. The fourth-order valence-electron chi connectivity index (χ4n) is 7.29. The molecule has 2 atom stereocenters. The Hall–Kier alpha value is -2.44. The normalized spacial score (nSPS) is 13.2. The van der Waals surface area contributed by atoms with Gasteiger partial charge < -0.3 is 20.3 Å². The molecule has 60 heavy (non-hydrogen) atoms. The van der Waals surface area contributed by atoms with E-state index in [0.29, 0.717) is 19.4 Å². The molecule has 0 aliphatic rings. The van der Waals surface area contributed by atoms with Gasteiger partial charge in [-0.15, -0.1) is 0 Å². The summed E-state index contributed by atoms with van der Waals surface area (Å²) in [6.07, 6.45) is 62.2. The molecule has 348 valence electrons. The zero-order chi connectivity index (χ0) is 43.7. The fraction of sp³-hybridized carbons (Fsp3) is 0.778. The maximum absolute atomic E-state index is 12.4. The summed E-state index contributed by atoms with van der Waals surface area (Å²) in [5.41, 5.74) is 0. The maximum Gasteiger partial charge on any atom is 0.305 e. The second-order valence-corrected chi connectivity index (χ2v) is 17.2. The number of rotatable bonds is 46. The molecule has 0 radical (unpaired) electrons. The summed E-state index contributed by atoms with van der Waals surface area (Å²) >= 11 is 0. The molecule has 0 heterocycles. The molecule has 0 fully saturated rings. The van der Waals surface area contributed by atoms with E-state index in [1.807, 2.05) is 6.08 Å². The molecule has 0 spiro atoms. The van der Waals surface area contributed by atoms with Crippen LogP contribution in [0.2, 0.25) is 0 Å². The predicted molar refractivity (Wildman–Crippen MR) is 259 cm³/mol. The highest BCUT2D eigenvalue weighted by molar-refractivity contribution is 5.76. The van der Waals surface area contributed by atoms with Crippen LogP contribution in [0.1, 0.15) is 245 Å². The minimum absolute atomic E-state index is 0.0387. The number of amides is 1. The third kappa shape index (κ3) is 45.1. The first-order valence-corrected chi connectivity index (χ1v) is 25.6. The molecule has 0 aromatic rings. The number of carbonyl (C=O) groups is 2. The number of unbranched alkanes of at least 4 members (excludes halogenated alkanes) is 28. The summed E-state index contributed by atoms with van der Waals surface area (Å²) in [4.78, 5) is 24.4. The number of carbonyl (C=O) groups excluding carboxylic acids is 2. The standard InChI is InChI=1S/C54H97NO5/c1-3-5-7-9-11-13-15-17-22-26-30-34-38-42-46-52(57)51(50-56)55-53(58)47-43-39-35-31-27-23-20-19-21-25-29-33-37-41-45-49-60-54(59)48-44-40-36-32-28-24-18-16-14-12-10-8-6-4-2/h10,12,16,18-19,21,25,29,42,46,51-52,56-57H,3-9,11,13-15,17,20,22-24,26-28,30-41,43-45,47-50H2,1-2H3,(H,55,58)/b12-10-,18-16-,21-19-,29-25-,46-42+. The van der Waals surface area contributed by atoms with Crippen LogP contribution >= 0.6 is 0 Å². The van der Waals surface area contributed by atoms with Crippen LogP contribution in [0.3, 0.4) is 0 Å². The lowest BCUT2D eigenvalue weighted by Gasteiger charge is -2.20. The molecule has 0 aromatic heterocycles. The minimum Gasteiger partial charge on any atom is -0.466 e. The van der Waals surface area contributed by atoms with E-state index < -0.39 is 12.1 Å². The summed E-state index contributed by atoms with van der Waals surface area (Å²) in [5, 5.41) is 23.0. The van der Waals surface area contributed by atoms with Crippen LogP contribution in [-0.2, 0) is 14.3 Å². The van der Waals surface area contributed by atoms with Gasteiger partial charge in [-0.2, -0.15) is 0 Å². The van der Waals surface area contributed by atoms with Gasteiger partial charge in [0.25, 0.3) is 0 Å². The lowest BCUT2D eigenvalue weighted by molar-refractivity contribution is -0.143. The first-order valence-electron chi connectivity index (χ1n) is 25.6. The van der Waals surface area contributed by atoms with Gasteiger partial charge in [0.1, 0.15) is 0 Å². The van der Waals surface area contributed by atoms with Crippen LogP contribution in [0.15, 0.2) is 60.8 Å². The van der Waals surface area contributed by atoms with Crippen molar-refractivity contribution in [3.05, 3.63) is 60.8 Å². The average Bonchev–Trinajstić information content (AvgIpc) is 3.25. The summed E-state index contributed by atoms with van der Waals surface area (Å²) in [7, 11) is 0. The van der Waals surface area contributed by atoms with Gasteiger partial charge in [-0.25, -0.2) is 0 Å². The van der Waals surface area contributed by atoms with E-state index in [0.717, 1.165) is 89.9 Å². The molecule has 0 saturated carbocycles. The predicted octanol–water partition coefficient (Wildman–Crippen LogP) is 15.2. The number of esters is 1. The first kappa shape index (κ1) is 57.6. The van der Waals surface area contributed by atoms with Crippen molar-refractivity contribution in [3.8, 4) is 0 Å². The van der Waals surface area contributed by atoms with Crippen LogP contribution in [0.25, 0.3) is 0 Å². The molecule has 0 saturated heterocycles. The largest absolute Gasteiger partial charge is 0.466 e. The number of ether oxygens (including phenoxy) is 1. The monoisotopic (exact) mass is 840 g/mol. The van der Waals surface area contributed by atoms with Crippen LogP contribution in [0, 0.1) is 0 Å². The van der Waals surface area contributed by atoms with Gasteiger partial charge >= 0.3 is 5.97 Å². The molecular formula is C54H97NO5. The molecular weight excluding hydrogens is 743 g/mol. The third-order valence-electron chi connectivity index (χ3n) is 11.3. The summed E-state index contributed by atoms with van der Waals surface area (Å²) in [5.74, 6) is -0.132. The molecule has 1 amide bonds. The molecule has 0 bridgehead atoms. The molecule has 6 nitrogen and oxygen atoms in total. The van der Waals surface area contributed by atoms with E-state index in [4.69, 9.17) is 4.74 Å². The Kier molecular flexibility index (Phi) is 47.2. The summed E-state index contributed by atoms with van der Waals surface area (Å²) in [6, 6.07) is -0.645. The summed E-state index contributed by atoms with van der Waals surface area (Å²) in [6.45, 7) is 4.78. The van der Waals surface area contributed by atoms with Gasteiger partial charge in [0.15, 0.2) is 0 Å². The van der Waals surface area contributed by atoms with Crippen LogP contribution < -0.4 is 5.32 Å². The van der Waals surface area contributed by atoms with Crippen LogP contribution in [-0.4, -0.2) is 47.4 Å². The van der Waals surface area contributed by atoms with E-state index in [1.54, 1.807) is 6.08 Å². The van der Waals surface area contributed by atoms with Crippen molar-refractivity contribution in [2.75, 3.05) is 13.2 Å². The van der Waals surface area contributed by atoms with E-state index in [2.05, 4.69) is 67.8 Å². The molecule has 6 heteroatoms. The number of hydrogen-bond donors (Lipinski definition) is 3. The van der Waals surface area contributed by atoms with Gasteiger partial charge in [0.2, 0.25) is 5.91 Å². The van der Waals surface area contributed by atoms with E-state index in [9.17, 15) is 19.8 Å².